The Morgan fingerprint density at radius 3 is 2.52 bits per heavy atom. The highest BCUT2D eigenvalue weighted by atomic mass is 35.5. The summed E-state index contributed by atoms with van der Waals surface area (Å²) in [5.41, 5.74) is 2.32. The topological polar surface area (TPSA) is 70.7 Å². The number of carbonyl (C=O) groups excluding carboxylic acids is 2. The largest absolute Gasteiger partial charge is 0.375 e. The Kier molecular flexibility index (Phi) is 8.07. The van der Waals surface area contributed by atoms with Gasteiger partial charge in [0.15, 0.2) is 0 Å². The number of ether oxygens (including phenoxy) is 1. The number of carbonyl (C=O) groups is 2. The van der Waals surface area contributed by atoms with Gasteiger partial charge in [0.2, 0.25) is 11.8 Å². The highest BCUT2D eigenvalue weighted by molar-refractivity contribution is 5.85. The number of hydrogen-bond acceptors (Lipinski definition) is 4. The van der Waals surface area contributed by atoms with Crippen molar-refractivity contribution in [3.05, 3.63) is 35.4 Å². The van der Waals surface area contributed by atoms with Crippen molar-refractivity contribution in [1.82, 2.24) is 15.5 Å². The van der Waals surface area contributed by atoms with E-state index in [1.807, 2.05) is 30.9 Å². The van der Waals surface area contributed by atoms with Gasteiger partial charge in [0.1, 0.15) is 6.04 Å². The third-order valence-corrected chi connectivity index (χ3v) is 5.35. The molecule has 2 aliphatic rings. The summed E-state index contributed by atoms with van der Waals surface area (Å²) in [6.45, 7) is 7.15. The minimum atomic E-state index is -0.268. The van der Waals surface area contributed by atoms with Crippen LogP contribution in [0.25, 0.3) is 0 Å². The lowest BCUT2D eigenvalue weighted by Gasteiger charge is -2.37. The Bertz CT molecular complexity index is 630. The van der Waals surface area contributed by atoms with Crippen LogP contribution in [0, 0.1) is 12.8 Å². The summed E-state index contributed by atoms with van der Waals surface area (Å²) in [6.07, 6.45) is 1.33. The molecule has 150 valence electrons. The Labute approximate surface area is 167 Å². The molecule has 2 atom stereocenters. The number of benzene rings is 1. The molecule has 0 bridgehead atoms. The maximum atomic E-state index is 12.7. The standard InChI is InChI=1S/C20H29N3O3.ClH/c1-14-3-5-16(6-4-14)13-22-19(24)17-7-10-23(11-8-17)20(25)18-15(2)26-12-9-21-18;/h3-6,15,17-18,21H,7-13H2,1-2H3,(H,22,24);1H/t15-,18+;/m1./s1. The molecular weight excluding hydrogens is 366 g/mol. The summed E-state index contributed by atoms with van der Waals surface area (Å²) >= 11 is 0. The van der Waals surface area contributed by atoms with E-state index in [4.69, 9.17) is 4.74 Å². The van der Waals surface area contributed by atoms with Crippen molar-refractivity contribution in [3.63, 3.8) is 0 Å². The fourth-order valence-electron chi connectivity index (χ4n) is 3.61. The van der Waals surface area contributed by atoms with Crippen molar-refractivity contribution >= 4 is 24.2 Å². The van der Waals surface area contributed by atoms with Gasteiger partial charge in [-0.3, -0.25) is 9.59 Å². The normalized spacial score (nSPS) is 23.4. The van der Waals surface area contributed by atoms with Gasteiger partial charge in [-0.2, -0.15) is 0 Å². The first-order valence-electron chi connectivity index (χ1n) is 9.51. The maximum absolute atomic E-state index is 12.7. The predicted octanol–water partition coefficient (Wildman–Crippen LogP) is 1.65. The molecule has 2 amide bonds. The van der Waals surface area contributed by atoms with Gasteiger partial charge in [-0.25, -0.2) is 0 Å². The number of likely N-dealkylation sites (tertiary alicyclic amines) is 1. The van der Waals surface area contributed by atoms with Gasteiger partial charge in [0, 0.05) is 32.1 Å². The predicted molar refractivity (Wildman–Crippen MR) is 107 cm³/mol. The third-order valence-electron chi connectivity index (χ3n) is 5.35. The van der Waals surface area contributed by atoms with E-state index in [-0.39, 0.29) is 42.3 Å². The molecule has 2 aliphatic heterocycles. The number of rotatable bonds is 4. The summed E-state index contributed by atoms with van der Waals surface area (Å²) in [5, 5.41) is 6.27. The van der Waals surface area contributed by atoms with Crippen molar-refractivity contribution in [2.24, 2.45) is 5.92 Å². The number of amides is 2. The number of morpholine rings is 1. The first kappa shape index (κ1) is 21.7. The Morgan fingerprint density at radius 2 is 1.89 bits per heavy atom. The Balaban J connectivity index is 0.00000261. The van der Waals surface area contributed by atoms with Crippen molar-refractivity contribution in [3.8, 4) is 0 Å². The molecule has 2 heterocycles. The molecule has 1 aromatic carbocycles. The van der Waals surface area contributed by atoms with E-state index in [2.05, 4.69) is 22.8 Å². The van der Waals surface area contributed by atoms with E-state index in [1.54, 1.807) is 0 Å². The van der Waals surface area contributed by atoms with Crippen LogP contribution in [0.4, 0.5) is 0 Å². The minimum absolute atomic E-state index is 0. The number of piperidine rings is 1. The number of hydrogen-bond donors (Lipinski definition) is 2. The SMILES string of the molecule is Cc1ccc(CNC(=O)C2CCN(C(=O)[C@H]3NCCO[C@@H]3C)CC2)cc1.Cl. The minimum Gasteiger partial charge on any atom is -0.375 e. The van der Waals surface area contributed by atoms with Gasteiger partial charge in [-0.05, 0) is 32.3 Å². The van der Waals surface area contributed by atoms with Gasteiger partial charge in [-0.1, -0.05) is 29.8 Å². The number of nitrogens with zero attached hydrogens (tertiary/aromatic N) is 1. The van der Waals surface area contributed by atoms with Crippen LogP contribution in [0.15, 0.2) is 24.3 Å². The molecule has 0 aliphatic carbocycles. The molecule has 3 rings (SSSR count). The van der Waals surface area contributed by atoms with Crippen LogP contribution in [0.3, 0.4) is 0 Å². The first-order chi connectivity index (χ1) is 12.5. The molecule has 0 saturated carbocycles. The van der Waals surface area contributed by atoms with E-state index in [0.29, 0.717) is 45.6 Å². The van der Waals surface area contributed by atoms with E-state index in [9.17, 15) is 9.59 Å². The van der Waals surface area contributed by atoms with Crippen molar-refractivity contribution < 1.29 is 14.3 Å². The average Bonchev–Trinajstić information content (AvgIpc) is 2.67. The van der Waals surface area contributed by atoms with Crippen LogP contribution >= 0.6 is 12.4 Å². The first-order valence-corrected chi connectivity index (χ1v) is 9.51. The van der Waals surface area contributed by atoms with Crippen LogP contribution in [0.5, 0.6) is 0 Å². The molecule has 2 saturated heterocycles. The second-order valence-corrected chi connectivity index (χ2v) is 7.31. The van der Waals surface area contributed by atoms with E-state index >= 15 is 0 Å². The van der Waals surface area contributed by atoms with Gasteiger partial charge in [0.05, 0.1) is 12.7 Å². The quantitative estimate of drug-likeness (QED) is 0.813. The fraction of sp³-hybridized carbons (Fsp3) is 0.600. The number of aryl methyl sites for hydroxylation is 1. The number of nitrogens with one attached hydrogen (secondary N) is 2. The smallest absolute Gasteiger partial charge is 0.242 e. The van der Waals surface area contributed by atoms with E-state index < -0.39 is 0 Å². The van der Waals surface area contributed by atoms with Crippen molar-refractivity contribution in [2.75, 3.05) is 26.2 Å². The molecule has 0 unspecified atom stereocenters. The van der Waals surface area contributed by atoms with Crippen LogP contribution < -0.4 is 10.6 Å². The number of halogens is 1. The molecule has 7 heteroatoms. The lowest BCUT2D eigenvalue weighted by atomic mass is 9.95. The van der Waals surface area contributed by atoms with E-state index in [1.165, 1.54) is 5.56 Å². The molecule has 1 aromatic rings. The molecule has 6 nitrogen and oxygen atoms in total. The second-order valence-electron chi connectivity index (χ2n) is 7.31. The summed E-state index contributed by atoms with van der Waals surface area (Å²) in [4.78, 5) is 27.0. The monoisotopic (exact) mass is 395 g/mol. The van der Waals surface area contributed by atoms with Crippen LogP contribution in [0.1, 0.15) is 30.9 Å². The van der Waals surface area contributed by atoms with E-state index in [0.717, 1.165) is 5.56 Å². The summed E-state index contributed by atoms with van der Waals surface area (Å²) in [6, 6.07) is 7.91. The zero-order chi connectivity index (χ0) is 18.5. The lowest BCUT2D eigenvalue weighted by molar-refractivity contribution is -0.142. The maximum Gasteiger partial charge on any atom is 0.242 e. The van der Waals surface area contributed by atoms with Gasteiger partial charge >= 0.3 is 0 Å². The van der Waals surface area contributed by atoms with Crippen LogP contribution in [-0.2, 0) is 20.9 Å². The zero-order valence-corrected chi connectivity index (χ0v) is 16.9. The zero-order valence-electron chi connectivity index (χ0n) is 16.1. The van der Waals surface area contributed by atoms with Gasteiger partial charge in [-0.15, -0.1) is 12.4 Å². The average molecular weight is 396 g/mol. The fourth-order valence-corrected chi connectivity index (χ4v) is 3.61. The molecule has 2 fully saturated rings. The lowest BCUT2D eigenvalue weighted by Crippen LogP contribution is -2.57. The van der Waals surface area contributed by atoms with Crippen molar-refractivity contribution in [2.45, 2.75) is 45.4 Å². The van der Waals surface area contributed by atoms with Gasteiger partial charge < -0.3 is 20.3 Å². The molecule has 0 aromatic heterocycles. The molecule has 27 heavy (non-hydrogen) atoms. The molecule has 0 radical (unpaired) electrons. The van der Waals surface area contributed by atoms with Gasteiger partial charge in [0.25, 0.3) is 0 Å². The Hall–Kier alpha value is -1.63. The van der Waals surface area contributed by atoms with Crippen LogP contribution in [-0.4, -0.2) is 55.1 Å². The molecule has 2 N–H and O–H groups in total. The van der Waals surface area contributed by atoms with Crippen LogP contribution in [0.2, 0.25) is 0 Å². The Morgan fingerprint density at radius 1 is 1.22 bits per heavy atom. The highest BCUT2D eigenvalue weighted by Crippen LogP contribution is 2.19. The third kappa shape index (κ3) is 5.67. The summed E-state index contributed by atoms with van der Waals surface area (Å²) in [7, 11) is 0. The molecule has 0 spiro atoms. The summed E-state index contributed by atoms with van der Waals surface area (Å²) in [5.74, 6) is 0.165. The van der Waals surface area contributed by atoms with Crippen molar-refractivity contribution in [1.29, 1.82) is 0 Å². The second kappa shape index (κ2) is 10.1. The summed E-state index contributed by atoms with van der Waals surface area (Å²) < 4.78 is 5.57. The highest BCUT2D eigenvalue weighted by Gasteiger charge is 2.34. The molecular formula is C20H30ClN3O3.